The molecule has 0 spiro atoms. The third-order valence-electron chi connectivity index (χ3n) is 1.66. The van der Waals surface area contributed by atoms with Crippen LogP contribution in [0, 0.1) is 5.92 Å². The summed E-state index contributed by atoms with van der Waals surface area (Å²) in [6.45, 7) is 0. The summed E-state index contributed by atoms with van der Waals surface area (Å²) in [4.78, 5) is 15.0. The SMILES string of the molecule is COC(=O)C1C=CC(=NCCl)C=C1.Cl. The minimum atomic E-state index is -0.292. The second-order valence-electron chi connectivity index (χ2n) is 2.47. The molecule has 78 valence electrons. The molecular weight excluding hydrogens is 225 g/mol. The first-order valence-corrected chi connectivity index (χ1v) is 4.36. The summed E-state index contributed by atoms with van der Waals surface area (Å²) in [6.07, 6.45) is 6.97. The maximum atomic E-state index is 11.0. The van der Waals surface area contributed by atoms with Crippen LogP contribution in [-0.2, 0) is 9.53 Å². The summed E-state index contributed by atoms with van der Waals surface area (Å²) < 4.78 is 4.58. The maximum Gasteiger partial charge on any atom is 0.316 e. The molecule has 0 heterocycles. The largest absolute Gasteiger partial charge is 0.468 e. The van der Waals surface area contributed by atoms with Gasteiger partial charge >= 0.3 is 5.97 Å². The molecule has 0 atom stereocenters. The molecule has 0 aromatic rings. The van der Waals surface area contributed by atoms with E-state index in [2.05, 4.69) is 9.73 Å². The van der Waals surface area contributed by atoms with Gasteiger partial charge in [-0.3, -0.25) is 9.79 Å². The van der Waals surface area contributed by atoms with E-state index in [0.717, 1.165) is 5.71 Å². The van der Waals surface area contributed by atoms with Crippen molar-refractivity contribution in [2.24, 2.45) is 10.9 Å². The molecule has 0 aliphatic heterocycles. The summed E-state index contributed by atoms with van der Waals surface area (Å²) in [6, 6.07) is 0.229. The zero-order chi connectivity index (χ0) is 9.68. The van der Waals surface area contributed by atoms with Gasteiger partial charge in [-0.1, -0.05) is 12.2 Å². The van der Waals surface area contributed by atoms with Gasteiger partial charge in [0.25, 0.3) is 0 Å². The van der Waals surface area contributed by atoms with E-state index in [4.69, 9.17) is 11.6 Å². The Morgan fingerprint density at radius 2 is 2.14 bits per heavy atom. The lowest BCUT2D eigenvalue weighted by Gasteiger charge is -2.08. The number of methoxy groups -OCH3 is 1. The molecule has 0 saturated heterocycles. The number of alkyl halides is 1. The Bertz CT molecular complexity index is 269. The number of rotatable bonds is 2. The Morgan fingerprint density at radius 1 is 1.57 bits per heavy atom. The highest BCUT2D eigenvalue weighted by Crippen LogP contribution is 2.09. The van der Waals surface area contributed by atoms with Crippen LogP contribution in [0.2, 0.25) is 0 Å². The molecule has 3 nitrogen and oxygen atoms in total. The quantitative estimate of drug-likeness (QED) is 0.417. The van der Waals surface area contributed by atoms with Gasteiger partial charge in [0, 0.05) is 0 Å². The van der Waals surface area contributed by atoms with Crippen LogP contribution in [0.5, 0.6) is 0 Å². The van der Waals surface area contributed by atoms with Crippen molar-refractivity contribution in [2.75, 3.05) is 13.1 Å². The third kappa shape index (κ3) is 3.52. The van der Waals surface area contributed by atoms with Gasteiger partial charge in [0.1, 0.15) is 6.00 Å². The molecule has 0 unspecified atom stereocenters. The Kier molecular flexibility index (Phi) is 6.25. The lowest BCUT2D eigenvalue weighted by atomic mass is 10.0. The second-order valence-corrected chi connectivity index (χ2v) is 2.71. The average Bonchev–Trinajstić information content (AvgIpc) is 2.18. The van der Waals surface area contributed by atoms with Gasteiger partial charge in [0.15, 0.2) is 0 Å². The van der Waals surface area contributed by atoms with E-state index in [9.17, 15) is 4.79 Å². The first-order valence-electron chi connectivity index (χ1n) is 3.82. The van der Waals surface area contributed by atoms with Crippen LogP contribution in [0.1, 0.15) is 0 Å². The second kappa shape index (κ2) is 6.62. The number of hydrogen-bond donors (Lipinski definition) is 0. The monoisotopic (exact) mass is 235 g/mol. The van der Waals surface area contributed by atoms with Crippen molar-refractivity contribution < 1.29 is 9.53 Å². The standard InChI is InChI=1S/C9H10ClNO2.ClH/c1-13-9(12)7-2-4-8(5-3-7)11-6-10;/h2-5,7H,6H2,1H3;1H. The van der Waals surface area contributed by atoms with Crippen molar-refractivity contribution in [1.29, 1.82) is 0 Å². The van der Waals surface area contributed by atoms with Crippen LogP contribution in [0.3, 0.4) is 0 Å². The minimum Gasteiger partial charge on any atom is -0.468 e. The van der Waals surface area contributed by atoms with Crippen molar-refractivity contribution in [1.82, 2.24) is 0 Å². The number of hydrogen-bond acceptors (Lipinski definition) is 3. The molecule has 0 fully saturated rings. The summed E-state index contributed by atoms with van der Waals surface area (Å²) in [7, 11) is 1.37. The predicted octanol–water partition coefficient (Wildman–Crippen LogP) is 1.96. The fourth-order valence-corrected chi connectivity index (χ4v) is 1.13. The number of aliphatic imine (C=N–C) groups is 1. The molecule has 1 aliphatic rings. The molecule has 0 aromatic heterocycles. The first kappa shape index (κ1) is 13.2. The Balaban J connectivity index is 0.00000169. The fraction of sp³-hybridized carbons (Fsp3) is 0.333. The maximum absolute atomic E-state index is 11.0. The fourth-order valence-electron chi connectivity index (χ4n) is 0.992. The summed E-state index contributed by atoms with van der Waals surface area (Å²) in [5.74, 6) is -0.559. The number of allylic oxidation sites excluding steroid dienone is 2. The van der Waals surface area contributed by atoms with E-state index in [1.807, 2.05) is 0 Å². The smallest absolute Gasteiger partial charge is 0.316 e. The van der Waals surface area contributed by atoms with Crippen LogP contribution in [0.25, 0.3) is 0 Å². The molecule has 0 amide bonds. The Morgan fingerprint density at radius 3 is 2.57 bits per heavy atom. The number of halogens is 2. The molecule has 0 saturated carbocycles. The van der Waals surface area contributed by atoms with Gasteiger partial charge in [0.05, 0.1) is 18.7 Å². The van der Waals surface area contributed by atoms with Gasteiger partial charge in [-0.05, 0) is 12.2 Å². The lowest BCUT2D eigenvalue weighted by molar-refractivity contribution is -0.142. The van der Waals surface area contributed by atoms with E-state index < -0.39 is 0 Å². The number of carbonyl (C=O) groups excluding carboxylic acids is 1. The highest BCUT2D eigenvalue weighted by Gasteiger charge is 2.14. The average molecular weight is 236 g/mol. The molecule has 0 aromatic carbocycles. The van der Waals surface area contributed by atoms with Crippen LogP contribution >= 0.6 is 24.0 Å². The number of ether oxygens (including phenoxy) is 1. The number of nitrogens with zero attached hydrogens (tertiary/aromatic N) is 1. The molecule has 1 aliphatic carbocycles. The Hall–Kier alpha value is -0.800. The topological polar surface area (TPSA) is 38.7 Å². The van der Waals surface area contributed by atoms with Crippen LogP contribution in [0.4, 0.5) is 0 Å². The summed E-state index contributed by atoms with van der Waals surface area (Å²) in [5.41, 5.74) is 0.773. The van der Waals surface area contributed by atoms with E-state index in [0.29, 0.717) is 0 Å². The molecule has 0 radical (unpaired) electrons. The highest BCUT2D eigenvalue weighted by molar-refractivity contribution is 6.19. The number of esters is 1. The van der Waals surface area contributed by atoms with Gasteiger partial charge < -0.3 is 4.74 Å². The molecule has 1 rings (SSSR count). The van der Waals surface area contributed by atoms with E-state index in [1.54, 1.807) is 24.3 Å². The molecule has 5 heteroatoms. The number of carbonyl (C=O) groups is 1. The summed E-state index contributed by atoms with van der Waals surface area (Å²) in [5, 5.41) is 0. The van der Waals surface area contributed by atoms with Crippen molar-refractivity contribution >= 4 is 35.7 Å². The van der Waals surface area contributed by atoms with E-state index in [1.165, 1.54) is 7.11 Å². The third-order valence-corrected chi connectivity index (χ3v) is 1.78. The van der Waals surface area contributed by atoms with Crippen LogP contribution in [-0.4, -0.2) is 24.8 Å². The van der Waals surface area contributed by atoms with Gasteiger partial charge in [-0.25, -0.2) is 0 Å². The van der Waals surface area contributed by atoms with Crippen LogP contribution in [0.15, 0.2) is 29.3 Å². The van der Waals surface area contributed by atoms with Gasteiger partial charge in [-0.15, -0.1) is 24.0 Å². The first-order chi connectivity index (χ1) is 6.27. The van der Waals surface area contributed by atoms with Crippen molar-refractivity contribution in [2.45, 2.75) is 0 Å². The zero-order valence-electron chi connectivity index (χ0n) is 7.64. The van der Waals surface area contributed by atoms with Gasteiger partial charge in [0.2, 0.25) is 0 Å². The van der Waals surface area contributed by atoms with Crippen molar-refractivity contribution in [3.63, 3.8) is 0 Å². The normalized spacial score (nSPS) is 18.7. The van der Waals surface area contributed by atoms with Gasteiger partial charge in [-0.2, -0.15) is 0 Å². The minimum absolute atomic E-state index is 0. The van der Waals surface area contributed by atoms with Crippen LogP contribution < -0.4 is 0 Å². The van der Waals surface area contributed by atoms with E-state index in [-0.39, 0.29) is 30.3 Å². The highest BCUT2D eigenvalue weighted by atomic mass is 35.5. The molecule has 14 heavy (non-hydrogen) atoms. The molecule has 0 bridgehead atoms. The van der Waals surface area contributed by atoms with Crippen molar-refractivity contribution in [3.8, 4) is 0 Å². The summed E-state index contributed by atoms with van der Waals surface area (Å²) >= 11 is 5.41. The zero-order valence-corrected chi connectivity index (χ0v) is 9.22. The van der Waals surface area contributed by atoms with Crippen molar-refractivity contribution in [3.05, 3.63) is 24.3 Å². The molecular formula is C9H11Cl2NO2. The Labute approximate surface area is 93.9 Å². The van der Waals surface area contributed by atoms with E-state index >= 15 is 0 Å². The lowest BCUT2D eigenvalue weighted by Crippen LogP contribution is -2.14. The predicted molar refractivity (Wildman–Crippen MR) is 59.2 cm³/mol. The molecule has 0 N–H and O–H groups in total.